The molecule has 0 amide bonds. The lowest BCUT2D eigenvalue weighted by atomic mass is 10.2. The van der Waals surface area contributed by atoms with Crippen LogP contribution in [0.2, 0.25) is 0 Å². The maximum absolute atomic E-state index is 11.4. The predicted molar refractivity (Wildman–Crippen MR) is 58.4 cm³/mol. The van der Waals surface area contributed by atoms with Gasteiger partial charge < -0.3 is 9.47 Å². The van der Waals surface area contributed by atoms with Gasteiger partial charge in [0.2, 0.25) is 5.78 Å². The zero-order valence-electron chi connectivity index (χ0n) is 9.34. The van der Waals surface area contributed by atoms with Gasteiger partial charge in [-0.05, 0) is 12.1 Å². The van der Waals surface area contributed by atoms with Crippen molar-refractivity contribution in [3.63, 3.8) is 0 Å². The molecule has 0 aliphatic carbocycles. The molecule has 5 heteroatoms. The van der Waals surface area contributed by atoms with Crippen molar-refractivity contribution in [3.8, 4) is 0 Å². The minimum absolute atomic E-state index is 0.368. The first-order valence-corrected chi connectivity index (χ1v) is 4.97. The number of benzene rings is 1. The molecule has 90 valence electrons. The molecule has 0 saturated carbocycles. The van der Waals surface area contributed by atoms with Crippen LogP contribution in [0.1, 0.15) is 17.3 Å². The SMILES string of the molecule is CC(=O)OCC(=O)COC(=O)c1ccccc1. The normalized spacial score (nSPS) is 9.47. The molecule has 0 saturated heterocycles. The molecule has 5 nitrogen and oxygen atoms in total. The molecule has 0 atom stereocenters. The van der Waals surface area contributed by atoms with Crippen molar-refractivity contribution >= 4 is 17.7 Å². The van der Waals surface area contributed by atoms with E-state index < -0.39 is 24.3 Å². The number of ether oxygens (including phenoxy) is 2. The molecule has 0 N–H and O–H groups in total. The van der Waals surface area contributed by atoms with Crippen molar-refractivity contribution in [2.75, 3.05) is 13.2 Å². The topological polar surface area (TPSA) is 69.7 Å². The Bertz CT molecular complexity index is 410. The summed E-state index contributed by atoms with van der Waals surface area (Å²) in [6.45, 7) is 0.418. The lowest BCUT2D eigenvalue weighted by Crippen LogP contribution is -2.19. The average Bonchev–Trinajstić information content (AvgIpc) is 2.34. The summed E-state index contributed by atoms with van der Waals surface area (Å²) in [5.74, 6) is -1.60. The van der Waals surface area contributed by atoms with Crippen molar-refractivity contribution in [3.05, 3.63) is 35.9 Å². The van der Waals surface area contributed by atoms with E-state index in [1.807, 2.05) is 0 Å². The molecule has 0 heterocycles. The largest absolute Gasteiger partial charge is 0.458 e. The highest BCUT2D eigenvalue weighted by atomic mass is 16.6. The van der Waals surface area contributed by atoms with E-state index in [1.54, 1.807) is 30.3 Å². The number of carbonyl (C=O) groups is 3. The second-order valence-corrected chi connectivity index (χ2v) is 3.26. The van der Waals surface area contributed by atoms with Gasteiger partial charge in [0.05, 0.1) is 5.56 Å². The van der Waals surface area contributed by atoms with E-state index in [4.69, 9.17) is 4.74 Å². The highest BCUT2D eigenvalue weighted by Gasteiger charge is 2.10. The Kier molecular flexibility index (Phi) is 4.87. The molecule has 0 radical (unpaired) electrons. The Labute approximate surface area is 98.3 Å². The Morgan fingerprint density at radius 1 is 1.00 bits per heavy atom. The average molecular weight is 236 g/mol. The third-order valence-corrected chi connectivity index (χ3v) is 1.81. The molecule has 0 bridgehead atoms. The smallest absolute Gasteiger partial charge is 0.338 e. The second-order valence-electron chi connectivity index (χ2n) is 3.26. The fourth-order valence-corrected chi connectivity index (χ4v) is 1.03. The van der Waals surface area contributed by atoms with Gasteiger partial charge in [0, 0.05) is 6.92 Å². The molecule has 17 heavy (non-hydrogen) atoms. The zero-order valence-corrected chi connectivity index (χ0v) is 9.34. The van der Waals surface area contributed by atoms with Gasteiger partial charge in [-0.1, -0.05) is 18.2 Å². The number of hydrogen-bond donors (Lipinski definition) is 0. The van der Waals surface area contributed by atoms with Crippen molar-refractivity contribution in [1.82, 2.24) is 0 Å². The maximum Gasteiger partial charge on any atom is 0.338 e. The number of ketones is 1. The second kappa shape index (κ2) is 6.42. The summed E-state index contributed by atoms with van der Waals surface area (Å²) >= 11 is 0. The van der Waals surface area contributed by atoms with E-state index in [1.165, 1.54) is 6.92 Å². The van der Waals surface area contributed by atoms with E-state index in [0.717, 1.165) is 0 Å². The van der Waals surface area contributed by atoms with Crippen LogP contribution in [0.5, 0.6) is 0 Å². The van der Waals surface area contributed by atoms with Crippen LogP contribution >= 0.6 is 0 Å². The molecule has 1 aromatic rings. The van der Waals surface area contributed by atoms with Gasteiger partial charge in [-0.15, -0.1) is 0 Å². The van der Waals surface area contributed by atoms with Crippen LogP contribution in [-0.2, 0) is 19.1 Å². The fraction of sp³-hybridized carbons (Fsp3) is 0.250. The third kappa shape index (κ3) is 4.92. The highest BCUT2D eigenvalue weighted by molar-refractivity contribution is 5.92. The molecule has 0 fully saturated rings. The summed E-state index contributed by atoms with van der Waals surface area (Å²) in [5.41, 5.74) is 0.368. The highest BCUT2D eigenvalue weighted by Crippen LogP contribution is 2.00. The van der Waals surface area contributed by atoms with Crippen LogP contribution in [0, 0.1) is 0 Å². The number of hydrogen-bond acceptors (Lipinski definition) is 5. The van der Waals surface area contributed by atoms with Gasteiger partial charge in [0.25, 0.3) is 0 Å². The van der Waals surface area contributed by atoms with E-state index in [9.17, 15) is 14.4 Å². The number of rotatable bonds is 5. The maximum atomic E-state index is 11.4. The number of carbonyl (C=O) groups excluding carboxylic acids is 3. The standard InChI is InChI=1S/C12H12O5/c1-9(13)16-7-11(14)8-17-12(15)10-5-3-2-4-6-10/h2-6H,7-8H2,1H3. The van der Waals surface area contributed by atoms with Gasteiger partial charge in [0.1, 0.15) is 0 Å². The first-order chi connectivity index (χ1) is 8.09. The Morgan fingerprint density at radius 3 is 2.18 bits per heavy atom. The molecule has 0 aromatic heterocycles. The molecule has 0 unspecified atom stereocenters. The summed E-state index contributed by atoms with van der Waals surface area (Å²) in [5, 5.41) is 0. The summed E-state index contributed by atoms with van der Waals surface area (Å²) in [6.07, 6.45) is 0. The Balaban J connectivity index is 2.34. The minimum Gasteiger partial charge on any atom is -0.458 e. The van der Waals surface area contributed by atoms with Crippen molar-refractivity contribution in [2.45, 2.75) is 6.92 Å². The van der Waals surface area contributed by atoms with Gasteiger partial charge in [-0.25, -0.2) is 4.79 Å². The van der Waals surface area contributed by atoms with Crippen molar-refractivity contribution in [1.29, 1.82) is 0 Å². The lowest BCUT2D eigenvalue weighted by Gasteiger charge is -2.04. The number of esters is 2. The summed E-state index contributed by atoms with van der Waals surface area (Å²) < 4.78 is 9.20. The van der Waals surface area contributed by atoms with Crippen LogP contribution in [0.15, 0.2) is 30.3 Å². The van der Waals surface area contributed by atoms with E-state index >= 15 is 0 Å². The monoisotopic (exact) mass is 236 g/mol. The Hall–Kier alpha value is -2.17. The first kappa shape index (κ1) is 12.9. The predicted octanol–water partition coefficient (Wildman–Crippen LogP) is 0.976. The number of Topliss-reactive ketones (excluding diaryl/α,β-unsaturated/α-hetero) is 1. The van der Waals surface area contributed by atoms with E-state index in [-0.39, 0.29) is 6.61 Å². The quantitative estimate of drug-likeness (QED) is 0.712. The molecule has 0 aliphatic rings. The molecular weight excluding hydrogens is 224 g/mol. The van der Waals surface area contributed by atoms with Crippen molar-refractivity contribution < 1.29 is 23.9 Å². The van der Waals surface area contributed by atoms with Crippen LogP contribution in [-0.4, -0.2) is 30.9 Å². The molecule has 1 aromatic carbocycles. The summed E-state index contributed by atoms with van der Waals surface area (Å²) in [4.78, 5) is 33.0. The van der Waals surface area contributed by atoms with Crippen LogP contribution in [0.25, 0.3) is 0 Å². The molecule has 0 spiro atoms. The zero-order chi connectivity index (χ0) is 12.7. The van der Waals surface area contributed by atoms with Gasteiger partial charge in [-0.3, -0.25) is 9.59 Å². The van der Waals surface area contributed by atoms with Crippen LogP contribution in [0.4, 0.5) is 0 Å². The summed E-state index contributed by atoms with van der Waals surface area (Å²) in [7, 11) is 0. The van der Waals surface area contributed by atoms with Crippen molar-refractivity contribution in [2.24, 2.45) is 0 Å². The van der Waals surface area contributed by atoms with Gasteiger partial charge >= 0.3 is 11.9 Å². The fourth-order valence-electron chi connectivity index (χ4n) is 1.03. The minimum atomic E-state index is -0.582. The molecule has 1 rings (SSSR count). The van der Waals surface area contributed by atoms with E-state index in [2.05, 4.69) is 4.74 Å². The molecule has 0 aliphatic heterocycles. The Morgan fingerprint density at radius 2 is 1.59 bits per heavy atom. The van der Waals surface area contributed by atoms with E-state index in [0.29, 0.717) is 5.56 Å². The first-order valence-electron chi connectivity index (χ1n) is 4.97. The van der Waals surface area contributed by atoms with Gasteiger partial charge in [-0.2, -0.15) is 0 Å². The van der Waals surface area contributed by atoms with Crippen LogP contribution < -0.4 is 0 Å². The lowest BCUT2D eigenvalue weighted by molar-refractivity contribution is -0.146. The third-order valence-electron chi connectivity index (χ3n) is 1.81. The van der Waals surface area contributed by atoms with Crippen LogP contribution in [0.3, 0.4) is 0 Å². The van der Waals surface area contributed by atoms with Gasteiger partial charge in [0.15, 0.2) is 13.2 Å². The summed E-state index contributed by atoms with van der Waals surface area (Å²) in [6, 6.07) is 8.31. The molecular formula is C12H12O5.